The SMILES string of the molecule is Cc1cccc(OCCN(C)C(=O)c2ccoc2Br)c1. The molecule has 0 saturated carbocycles. The van der Waals surface area contributed by atoms with Gasteiger partial charge in [0.05, 0.1) is 18.4 Å². The van der Waals surface area contributed by atoms with E-state index in [0.29, 0.717) is 23.4 Å². The zero-order valence-corrected chi connectivity index (χ0v) is 13.0. The minimum absolute atomic E-state index is 0.0986. The summed E-state index contributed by atoms with van der Waals surface area (Å²) in [5, 5.41) is 0. The highest BCUT2D eigenvalue weighted by atomic mass is 79.9. The lowest BCUT2D eigenvalue weighted by atomic mass is 10.2. The molecule has 0 spiro atoms. The molecule has 0 saturated heterocycles. The van der Waals surface area contributed by atoms with Crippen LogP contribution in [0.25, 0.3) is 0 Å². The lowest BCUT2D eigenvalue weighted by Crippen LogP contribution is -2.30. The van der Waals surface area contributed by atoms with Gasteiger partial charge in [-0.05, 0) is 46.6 Å². The molecule has 0 aliphatic heterocycles. The number of carbonyl (C=O) groups excluding carboxylic acids is 1. The van der Waals surface area contributed by atoms with Gasteiger partial charge in [0.25, 0.3) is 5.91 Å². The molecule has 1 amide bonds. The van der Waals surface area contributed by atoms with Crippen LogP contribution in [-0.2, 0) is 0 Å². The number of nitrogens with zero attached hydrogens (tertiary/aromatic N) is 1. The number of furan rings is 1. The van der Waals surface area contributed by atoms with E-state index in [9.17, 15) is 4.79 Å². The Morgan fingerprint density at radius 2 is 2.20 bits per heavy atom. The first-order valence-electron chi connectivity index (χ1n) is 6.26. The summed E-state index contributed by atoms with van der Waals surface area (Å²) in [6.07, 6.45) is 1.48. The Hall–Kier alpha value is -1.75. The van der Waals surface area contributed by atoms with Gasteiger partial charge in [-0.15, -0.1) is 0 Å². The first kappa shape index (κ1) is 14.7. The fourth-order valence-corrected chi connectivity index (χ4v) is 2.17. The number of likely N-dealkylation sites (N-methyl/N-ethyl adjacent to an activating group) is 1. The molecule has 0 N–H and O–H groups in total. The van der Waals surface area contributed by atoms with Gasteiger partial charge in [0.2, 0.25) is 0 Å². The lowest BCUT2D eigenvalue weighted by molar-refractivity contribution is 0.0772. The highest BCUT2D eigenvalue weighted by Crippen LogP contribution is 2.19. The Bertz CT molecular complexity index is 594. The number of hydrogen-bond donors (Lipinski definition) is 0. The maximum absolute atomic E-state index is 12.1. The van der Waals surface area contributed by atoms with E-state index >= 15 is 0 Å². The average Bonchev–Trinajstić information content (AvgIpc) is 2.84. The van der Waals surface area contributed by atoms with Crippen molar-refractivity contribution in [2.24, 2.45) is 0 Å². The summed E-state index contributed by atoms with van der Waals surface area (Å²) in [5.74, 6) is 0.716. The standard InChI is InChI=1S/C15H16BrNO3/c1-11-4-3-5-12(10-11)19-9-7-17(2)15(18)13-6-8-20-14(13)16/h3-6,8,10H,7,9H2,1-2H3. The van der Waals surface area contributed by atoms with Gasteiger partial charge in [-0.1, -0.05) is 12.1 Å². The van der Waals surface area contributed by atoms with Crippen LogP contribution in [0.2, 0.25) is 0 Å². The second-order valence-corrected chi connectivity index (χ2v) is 5.22. The smallest absolute Gasteiger partial charge is 0.258 e. The van der Waals surface area contributed by atoms with E-state index in [-0.39, 0.29) is 5.91 Å². The maximum Gasteiger partial charge on any atom is 0.258 e. The zero-order valence-electron chi connectivity index (χ0n) is 11.4. The Labute approximate surface area is 126 Å². The fraction of sp³-hybridized carbons (Fsp3) is 0.267. The van der Waals surface area contributed by atoms with E-state index < -0.39 is 0 Å². The second-order valence-electron chi connectivity index (χ2n) is 4.50. The van der Waals surface area contributed by atoms with Gasteiger partial charge in [-0.3, -0.25) is 4.79 Å². The van der Waals surface area contributed by atoms with E-state index in [4.69, 9.17) is 9.15 Å². The van der Waals surface area contributed by atoms with Crippen molar-refractivity contribution >= 4 is 21.8 Å². The van der Waals surface area contributed by atoms with E-state index in [1.165, 1.54) is 6.26 Å². The average molecular weight is 338 g/mol. The highest BCUT2D eigenvalue weighted by molar-refractivity contribution is 9.10. The molecule has 2 aromatic rings. The number of hydrogen-bond acceptors (Lipinski definition) is 3. The van der Waals surface area contributed by atoms with E-state index in [1.807, 2.05) is 31.2 Å². The third-order valence-corrected chi connectivity index (χ3v) is 3.49. The molecule has 1 aromatic carbocycles. The summed E-state index contributed by atoms with van der Waals surface area (Å²) in [7, 11) is 1.74. The van der Waals surface area contributed by atoms with Gasteiger partial charge in [0, 0.05) is 7.05 Å². The van der Waals surface area contributed by atoms with Gasteiger partial charge in [-0.25, -0.2) is 0 Å². The number of benzene rings is 1. The largest absolute Gasteiger partial charge is 0.492 e. The molecule has 1 heterocycles. The molecule has 2 rings (SSSR count). The summed E-state index contributed by atoms with van der Waals surface area (Å²) in [5.41, 5.74) is 1.66. The number of amides is 1. The van der Waals surface area contributed by atoms with Gasteiger partial charge in [0.1, 0.15) is 12.4 Å². The third kappa shape index (κ3) is 3.63. The summed E-state index contributed by atoms with van der Waals surface area (Å²) in [6.45, 7) is 2.96. The van der Waals surface area contributed by atoms with E-state index in [2.05, 4.69) is 15.9 Å². The van der Waals surface area contributed by atoms with Crippen molar-refractivity contribution in [3.63, 3.8) is 0 Å². The fourth-order valence-electron chi connectivity index (χ4n) is 1.76. The number of ether oxygens (including phenoxy) is 1. The number of halogens is 1. The summed E-state index contributed by atoms with van der Waals surface area (Å²) in [6, 6.07) is 9.47. The molecular weight excluding hydrogens is 322 g/mol. The quantitative estimate of drug-likeness (QED) is 0.838. The van der Waals surface area contributed by atoms with Crippen molar-refractivity contribution in [2.45, 2.75) is 6.92 Å². The molecule has 4 nitrogen and oxygen atoms in total. The van der Waals surface area contributed by atoms with Crippen molar-refractivity contribution < 1.29 is 13.9 Å². The zero-order chi connectivity index (χ0) is 14.5. The summed E-state index contributed by atoms with van der Waals surface area (Å²) >= 11 is 3.20. The van der Waals surface area contributed by atoms with Crippen LogP contribution >= 0.6 is 15.9 Å². The van der Waals surface area contributed by atoms with Gasteiger partial charge >= 0.3 is 0 Å². The molecule has 0 radical (unpaired) electrons. The van der Waals surface area contributed by atoms with Crippen LogP contribution in [0.3, 0.4) is 0 Å². The monoisotopic (exact) mass is 337 g/mol. The van der Waals surface area contributed by atoms with Crippen LogP contribution < -0.4 is 4.74 Å². The minimum Gasteiger partial charge on any atom is -0.492 e. The molecule has 0 unspecified atom stereocenters. The molecule has 0 atom stereocenters. The molecular formula is C15H16BrNO3. The van der Waals surface area contributed by atoms with Crippen LogP contribution in [0, 0.1) is 6.92 Å². The van der Waals surface area contributed by atoms with Crippen molar-refractivity contribution in [1.82, 2.24) is 4.90 Å². The van der Waals surface area contributed by atoms with Gasteiger partial charge < -0.3 is 14.1 Å². The van der Waals surface area contributed by atoms with Crippen molar-refractivity contribution in [2.75, 3.05) is 20.2 Å². The van der Waals surface area contributed by atoms with Crippen molar-refractivity contribution in [1.29, 1.82) is 0 Å². The lowest BCUT2D eigenvalue weighted by Gasteiger charge is -2.17. The first-order valence-corrected chi connectivity index (χ1v) is 7.05. The van der Waals surface area contributed by atoms with E-state index in [1.54, 1.807) is 18.0 Å². The van der Waals surface area contributed by atoms with Crippen LogP contribution in [-0.4, -0.2) is 31.0 Å². The van der Waals surface area contributed by atoms with Crippen molar-refractivity contribution in [3.05, 3.63) is 52.4 Å². The predicted octanol–water partition coefficient (Wildman–Crippen LogP) is 3.50. The topological polar surface area (TPSA) is 42.7 Å². The van der Waals surface area contributed by atoms with Crippen LogP contribution in [0.5, 0.6) is 5.75 Å². The Morgan fingerprint density at radius 3 is 2.85 bits per heavy atom. The second kappa shape index (κ2) is 6.61. The normalized spacial score (nSPS) is 10.3. The van der Waals surface area contributed by atoms with Crippen LogP contribution in [0.1, 0.15) is 15.9 Å². The molecule has 20 heavy (non-hydrogen) atoms. The number of aryl methyl sites for hydroxylation is 1. The molecule has 106 valence electrons. The molecule has 0 bridgehead atoms. The molecule has 1 aromatic heterocycles. The minimum atomic E-state index is -0.0986. The molecule has 0 aliphatic rings. The Balaban J connectivity index is 1.85. The molecule has 5 heteroatoms. The third-order valence-electron chi connectivity index (χ3n) is 2.88. The molecule has 0 fully saturated rings. The van der Waals surface area contributed by atoms with Gasteiger partial charge in [-0.2, -0.15) is 0 Å². The Kier molecular flexibility index (Phi) is 4.84. The van der Waals surface area contributed by atoms with E-state index in [0.717, 1.165) is 11.3 Å². The molecule has 0 aliphatic carbocycles. The van der Waals surface area contributed by atoms with Gasteiger partial charge in [0.15, 0.2) is 4.67 Å². The van der Waals surface area contributed by atoms with Crippen molar-refractivity contribution in [3.8, 4) is 5.75 Å². The Morgan fingerprint density at radius 1 is 1.40 bits per heavy atom. The first-order chi connectivity index (χ1) is 9.58. The van der Waals surface area contributed by atoms with Crippen LogP contribution in [0.15, 0.2) is 45.7 Å². The predicted molar refractivity (Wildman–Crippen MR) is 80.0 cm³/mol. The van der Waals surface area contributed by atoms with Crippen LogP contribution in [0.4, 0.5) is 0 Å². The number of carbonyl (C=O) groups is 1. The number of rotatable bonds is 5. The highest BCUT2D eigenvalue weighted by Gasteiger charge is 2.16. The maximum atomic E-state index is 12.1. The summed E-state index contributed by atoms with van der Waals surface area (Å²) < 4.78 is 11.1. The summed E-state index contributed by atoms with van der Waals surface area (Å²) in [4.78, 5) is 13.7.